The van der Waals surface area contributed by atoms with E-state index in [4.69, 9.17) is 0 Å². The normalized spacial score (nSPS) is 27.7. The molecule has 1 saturated carbocycles. The van der Waals surface area contributed by atoms with E-state index in [0.29, 0.717) is 5.92 Å². The van der Waals surface area contributed by atoms with Gasteiger partial charge < -0.3 is 5.11 Å². The summed E-state index contributed by atoms with van der Waals surface area (Å²) in [6, 6.07) is 0. The smallest absolute Gasteiger partial charge is 0.0622 e. The van der Waals surface area contributed by atoms with Crippen LogP contribution in [0.15, 0.2) is 0 Å². The number of aliphatic hydroxyl groups is 1. The van der Waals surface area contributed by atoms with Gasteiger partial charge in [-0.15, -0.1) is 0 Å². The van der Waals surface area contributed by atoms with Crippen LogP contribution in [0.2, 0.25) is 0 Å². The first-order chi connectivity index (χ1) is 6.05. The van der Waals surface area contributed by atoms with Crippen LogP contribution in [0.4, 0.5) is 0 Å². The lowest BCUT2D eigenvalue weighted by Crippen LogP contribution is -2.22. The van der Waals surface area contributed by atoms with E-state index in [1.807, 2.05) is 13.8 Å². The molecule has 0 unspecified atom stereocenters. The fraction of sp³-hybridized carbons (Fsp3) is 1.00. The zero-order chi connectivity index (χ0) is 9.90. The van der Waals surface area contributed by atoms with Crippen molar-refractivity contribution in [3.8, 4) is 0 Å². The van der Waals surface area contributed by atoms with E-state index in [1.165, 1.54) is 38.5 Å². The molecule has 1 rings (SSSR count). The van der Waals surface area contributed by atoms with Crippen LogP contribution < -0.4 is 0 Å². The molecule has 0 aromatic carbocycles. The minimum Gasteiger partial charge on any atom is -0.390 e. The Balaban J connectivity index is 2.01. The first-order valence-corrected chi connectivity index (χ1v) is 5.78. The summed E-state index contributed by atoms with van der Waals surface area (Å²) in [5.41, 5.74) is -0.421. The predicted octanol–water partition coefficient (Wildman–Crippen LogP) is 3.36. The third kappa shape index (κ3) is 3.68. The van der Waals surface area contributed by atoms with Crippen molar-refractivity contribution in [2.75, 3.05) is 0 Å². The van der Waals surface area contributed by atoms with Crippen LogP contribution >= 0.6 is 0 Å². The molecule has 1 nitrogen and oxygen atoms in total. The van der Waals surface area contributed by atoms with Crippen molar-refractivity contribution < 1.29 is 5.11 Å². The van der Waals surface area contributed by atoms with Gasteiger partial charge in [-0.2, -0.15) is 0 Å². The van der Waals surface area contributed by atoms with E-state index in [1.54, 1.807) is 0 Å². The van der Waals surface area contributed by atoms with Crippen molar-refractivity contribution >= 4 is 0 Å². The zero-order valence-corrected chi connectivity index (χ0v) is 9.34. The fourth-order valence-electron chi connectivity index (χ4n) is 2.27. The maximum Gasteiger partial charge on any atom is 0.0622 e. The molecule has 1 heteroatoms. The Morgan fingerprint density at radius 1 is 1.23 bits per heavy atom. The molecule has 1 aliphatic rings. The molecule has 1 aliphatic carbocycles. The minimum absolute atomic E-state index is 0.421. The molecule has 0 aromatic heterocycles. The summed E-state index contributed by atoms with van der Waals surface area (Å²) >= 11 is 0. The second-order valence-corrected chi connectivity index (χ2v) is 5.11. The Morgan fingerprint density at radius 3 is 2.38 bits per heavy atom. The van der Waals surface area contributed by atoms with Gasteiger partial charge in [0.05, 0.1) is 5.60 Å². The van der Waals surface area contributed by atoms with Crippen molar-refractivity contribution in [1.29, 1.82) is 0 Å². The number of hydrogen-bond donors (Lipinski definition) is 1. The first-order valence-electron chi connectivity index (χ1n) is 5.78. The zero-order valence-electron chi connectivity index (χ0n) is 9.34. The average molecular weight is 184 g/mol. The van der Waals surface area contributed by atoms with Crippen molar-refractivity contribution in [3.63, 3.8) is 0 Å². The molecule has 0 bridgehead atoms. The van der Waals surface area contributed by atoms with Gasteiger partial charge in [0.25, 0.3) is 0 Å². The highest BCUT2D eigenvalue weighted by Crippen LogP contribution is 2.48. The number of unbranched alkanes of at least 4 members (excludes halogenated alkanes) is 3. The molecule has 78 valence electrons. The molecule has 13 heavy (non-hydrogen) atoms. The summed E-state index contributed by atoms with van der Waals surface area (Å²) in [5.74, 6) is 1.42. The Bertz CT molecular complexity index is 146. The minimum atomic E-state index is -0.421. The second kappa shape index (κ2) is 4.45. The van der Waals surface area contributed by atoms with Crippen LogP contribution in [0.1, 0.15) is 59.3 Å². The molecule has 0 saturated heterocycles. The van der Waals surface area contributed by atoms with Crippen LogP contribution in [0, 0.1) is 11.8 Å². The van der Waals surface area contributed by atoms with E-state index >= 15 is 0 Å². The molecule has 0 spiro atoms. The van der Waals surface area contributed by atoms with Gasteiger partial charge in [-0.25, -0.2) is 0 Å². The SMILES string of the molecule is CCCCCC[C@@H]1C[C@H]1C(C)(C)O. The van der Waals surface area contributed by atoms with Gasteiger partial charge in [0.1, 0.15) is 0 Å². The Morgan fingerprint density at radius 2 is 1.92 bits per heavy atom. The number of hydrogen-bond acceptors (Lipinski definition) is 1. The lowest BCUT2D eigenvalue weighted by molar-refractivity contribution is 0.0504. The summed E-state index contributed by atoms with van der Waals surface area (Å²) in [5, 5.41) is 9.73. The van der Waals surface area contributed by atoms with Crippen molar-refractivity contribution in [2.45, 2.75) is 64.9 Å². The predicted molar refractivity (Wildman–Crippen MR) is 56.7 cm³/mol. The average Bonchev–Trinajstić information content (AvgIpc) is 2.76. The molecule has 0 heterocycles. The molecule has 0 radical (unpaired) electrons. The van der Waals surface area contributed by atoms with Crippen LogP contribution in [-0.2, 0) is 0 Å². The Hall–Kier alpha value is -0.0400. The fourth-order valence-corrected chi connectivity index (χ4v) is 2.27. The van der Waals surface area contributed by atoms with Crippen LogP contribution in [0.3, 0.4) is 0 Å². The molecule has 0 amide bonds. The summed E-state index contributed by atoms with van der Waals surface area (Å²) in [6.07, 6.45) is 8.04. The van der Waals surface area contributed by atoms with E-state index in [0.717, 1.165) is 5.92 Å². The topological polar surface area (TPSA) is 20.2 Å². The molecular weight excluding hydrogens is 160 g/mol. The summed E-state index contributed by atoms with van der Waals surface area (Å²) < 4.78 is 0. The number of rotatable bonds is 6. The van der Waals surface area contributed by atoms with Gasteiger partial charge in [0, 0.05) is 0 Å². The van der Waals surface area contributed by atoms with Crippen LogP contribution in [0.5, 0.6) is 0 Å². The lowest BCUT2D eigenvalue weighted by atomic mass is 9.99. The maximum absolute atomic E-state index is 9.73. The highest BCUT2D eigenvalue weighted by atomic mass is 16.3. The van der Waals surface area contributed by atoms with E-state index in [-0.39, 0.29) is 0 Å². The van der Waals surface area contributed by atoms with Crippen molar-refractivity contribution in [3.05, 3.63) is 0 Å². The van der Waals surface area contributed by atoms with Gasteiger partial charge in [-0.3, -0.25) is 0 Å². The summed E-state index contributed by atoms with van der Waals surface area (Å²) in [4.78, 5) is 0. The quantitative estimate of drug-likeness (QED) is 0.627. The monoisotopic (exact) mass is 184 g/mol. The van der Waals surface area contributed by atoms with Gasteiger partial charge >= 0.3 is 0 Å². The van der Waals surface area contributed by atoms with E-state index in [9.17, 15) is 5.11 Å². The third-order valence-electron chi connectivity index (χ3n) is 3.26. The van der Waals surface area contributed by atoms with Gasteiger partial charge in [0.2, 0.25) is 0 Å². The van der Waals surface area contributed by atoms with Gasteiger partial charge in [-0.1, -0.05) is 39.0 Å². The molecule has 0 aliphatic heterocycles. The second-order valence-electron chi connectivity index (χ2n) is 5.11. The van der Waals surface area contributed by atoms with Crippen LogP contribution in [0.25, 0.3) is 0 Å². The molecule has 1 fully saturated rings. The highest BCUT2D eigenvalue weighted by Gasteiger charge is 2.45. The standard InChI is InChI=1S/C12H24O/c1-4-5-6-7-8-10-9-11(10)12(2,3)13/h10-11,13H,4-9H2,1-3H3/t10-,11-/m1/s1. The van der Waals surface area contributed by atoms with Gasteiger partial charge in [0.15, 0.2) is 0 Å². The van der Waals surface area contributed by atoms with Gasteiger partial charge in [-0.05, 0) is 32.1 Å². The summed E-state index contributed by atoms with van der Waals surface area (Å²) in [7, 11) is 0. The largest absolute Gasteiger partial charge is 0.390 e. The van der Waals surface area contributed by atoms with E-state index in [2.05, 4.69) is 6.92 Å². The summed E-state index contributed by atoms with van der Waals surface area (Å²) in [6.45, 7) is 6.14. The third-order valence-corrected chi connectivity index (χ3v) is 3.26. The van der Waals surface area contributed by atoms with Crippen molar-refractivity contribution in [2.24, 2.45) is 11.8 Å². The Labute approximate surface area is 82.5 Å². The molecule has 2 atom stereocenters. The lowest BCUT2D eigenvalue weighted by Gasteiger charge is -2.16. The molecule has 1 N–H and O–H groups in total. The van der Waals surface area contributed by atoms with E-state index < -0.39 is 5.60 Å². The van der Waals surface area contributed by atoms with Crippen molar-refractivity contribution in [1.82, 2.24) is 0 Å². The molecule has 0 aromatic rings. The van der Waals surface area contributed by atoms with Crippen LogP contribution in [-0.4, -0.2) is 10.7 Å². The maximum atomic E-state index is 9.73. The Kier molecular flexibility index (Phi) is 3.78. The molecular formula is C12H24O. The first kappa shape index (κ1) is 11.0. The highest BCUT2D eigenvalue weighted by molar-refractivity contribution is 4.95.